The van der Waals surface area contributed by atoms with E-state index >= 15 is 0 Å². The Morgan fingerprint density at radius 2 is 2.40 bits per heavy atom. The number of nitrogens with one attached hydrogen (secondary N) is 2. The van der Waals surface area contributed by atoms with E-state index < -0.39 is 0 Å². The molecule has 0 radical (unpaired) electrons. The number of ether oxygens (including phenoxy) is 1. The van der Waals surface area contributed by atoms with Gasteiger partial charge in [-0.15, -0.1) is 12.4 Å². The Morgan fingerprint density at radius 1 is 1.53 bits per heavy atom. The van der Waals surface area contributed by atoms with Crippen molar-refractivity contribution in [2.75, 3.05) is 13.1 Å². The van der Waals surface area contributed by atoms with Crippen molar-refractivity contribution in [3.8, 4) is 0 Å². The standard InChI is InChI=1S/C11H18N2O.ClH/c1-9(11-5-3-7-13-11)14-10-4-2-6-12-8-10;/h3,5,7,9-10,12-13H,2,4,6,8H2,1H3;1H. The van der Waals surface area contributed by atoms with E-state index in [1.165, 1.54) is 12.8 Å². The summed E-state index contributed by atoms with van der Waals surface area (Å²) in [5.41, 5.74) is 1.16. The summed E-state index contributed by atoms with van der Waals surface area (Å²) in [6.45, 7) is 4.22. The molecule has 0 amide bonds. The topological polar surface area (TPSA) is 37.0 Å². The Bertz CT molecular complexity index is 258. The van der Waals surface area contributed by atoms with Gasteiger partial charge in [0.25, 0.3) is 0 Å². The maximum atomic E-state index is 5.94. The van der Waals surface area contributed by atoms with Gasteiger partial charge in [-0.25, -0.2) is 0 Å². The lowest BCUT2D eigenvalue weighted by atomic mass is 10.1. The van der Waals surface area contributed by atoms with Crippen molar-refractivity contribution in [1.82, 2.24) is 10.3 Å². The third-order valence-corrected chi connectivity index (χ3v) is 2.71. The fourth-order valence-electron chi connectivity index (χ4n) is 1.90. The van der Waals surface area contributed by atoms with E-state index in [-0.39, 0.29) is 18.5 Å². The number of aromatic amines is 1. The Kier molecular flexibility index (Phi) is 5.15. The number of hydrogen-bond donors (Lipinski definition) is 2. The van der Waals surface area contributed by atoms with Crippen LogP contribution in [0.5, 0.6) is 0 Å². The zero-order chi connectivity index (χ0) is 9.80. The molecule has 2 heterocycles. The molecule has 2 rings (SSSR count). The van der Waals surface area contributed by atoms with Crippen molar-refractivity contribution in [1.29, 1.82) is 0 Å². The van der Waals surface area contributed by atoms with Crippen LogP contribution in [0.1, 0.15) is 31.6 Å². The number of H-pyrrole nitrogens is 1. The van der Waals surface area contributed by atoms with E-state index in [4.69, 9.17) is 4.74 Å². The SMILES string of the molecule is CC(OC1CCCNC1)c1ccc[nH]1.Cl. The molecule has 1 aliphatic rings. The molecule has 2 unspecified atom stereocenters. The van der Waals surface area contributed by atoms with Crippen LogP contribution in [0.4, 0.5) is 0 Å². The van der Waals surface area contributed by atoms with Crippen LogP contribution in [0.3, 0.4) is 0 Å². The molecule has 4 heteroatoms. The third kappa shape index (κ3) is 3.52. The predicted octanol–water partition coefficient (Wildman–Crippen LogP) is 2.27. The molecule has 1 aromatic rings. The zero-order valence-corrected chi connectivity index (χ0v) is 9.85. The lowest BCUT2D eigenvalue weighted by Crippen LogP contribution is -2.35. The summed E-state index contributed by atoms with van der Waals surface area (Å²) in [4.78, 5) is 3.18. The Balaban J connectivity index is 0.00000112. The number of aromatic nitrogens is 1. The smallest absolute Gasteiger partial charge is 0.0948 e. The van der Waals surface area contributed by atoms with Crippen LogP contribution in [0.25, 0.3) is 0 Å². The summed E-state index contributed by atoms with van der Waals surface area (Å²) in [6.07, 6.45) is 4.89. The van der Waals surface area contributed by atoms with Crippen LogP contribution in [0, 0.1) is 0 Å². The van der Waals surface area contributed by atoms with Gasteiger partial charge in [-0.3, -0.25) is 0 Å². The van der Waals surface area contributed by atoms with Gasteiger partial charge in [0.2, 0.25) is 0 Å². The van der Waals surface area contributed by atoms with Crippen molar-refractivity contribution in [2.45, 2.75) is 32.0 Å². The van der Waals surface area contributed by atoms with Gasteiger partial charge in [0.05, 0.1) is 12.2 Å². The highest BCUT2D eigenvalue weighted by Crippen LogP contribution is 2.19. The van der Waals surface area contributed by atoms with Gasteiger partial charge < -0.3 is 15.0 Å². The quantitative estimate of drug-likeness (QED) is 0.836. The van der Waals surface area contributed by atoms with E-state index in [1.807, 2.05) is 12.3 Å². The lowest BCUT2D eigenvalue weighted by molar-refractivity contribution is -0.0167. The van der Waals surface area contributed by atoms with Gasteiger partial charge in [0, 0.05) is 18.4 Å². The van der Waals surface area contributed by atoms with Crippen molar-refractivity contribution in [3.63, 3.8) is 0 Å². The Hall–Kier alpha value is -0.510. The lowest BCUT2D eigenvalue weighted by Gasteiger charge is -2.26. The van der Waals surface area contributed by atoms with E-state index in [9.17, 15) is 0 Å². The normalized spacial score (nSPS) is 23.1. The first-order valence-corrected chi connectivity index (χ1v) is 5.36. The van der Waals surface area contributed by atoms with E-state index in [0.29, 0.717) is 6.10 Å². The Morgan fingerprint density at radius 3 is 3.00 bits per heavy atom. The first-order chi connectivity index (χ1) is 6.86. The van der Waals surface area contributed by atoms with Crippen molar-refractivity contribution in [2.24, 2.45) is 0 Å². The van der Waals surface area contributed by atoms with Crippen LogP contribution >= 0.6 is 12.4 Å². The summed E-state index contributed by atoms with van der Waals surface area (Å²) in [5.74, 6) is 0. The number of piperidine rings is 1. The van der Waals surface area contributed by atoms with Gasteiger partial charge >= 0.3 is 0 Å². The molecule has 1 aliphatic heterocycles. The molecule has 1 saturated heterocycles. The van der Waals surface area contributed by atoms with Gasteiger partial charge in [-0.2, -0.15) is 0 Å². The number of halogens is 1. The third-order valence-electron chi connectivity index (χ3n) is 2.71. The minimum atomic E-state index is 0. The largest absolute Gasteiger partial charge is 0.368 e. The minimum absolute atomic E-state index is 0. The monoisotopic (exact) mass is 230 g/mol. The van der Waals surface area contributed by atoms with Crippen molar-refractivity contribution in [3.05, 3.63) is 24.0 Å². The summed E-state index contributed by atoms with van der Waals surface area (Å²) >= 11 is 0. The number of hydrogen-bond acceptors (Lipinski definition) is 2. The summed E-state index contributed by atoms with van der Waals surface area (Å²) < 4.78 is 5.94. The fraction of sp³-hybridized carbons (Fsp3) is 0.636. The second kappa shape index (κ2) is 6.16. The second-order valence-corrected chi connectivity index (χ2v) is 3.87. The second-order valence-electron chi connectivity index (χ2n) is 3.87. The van der Waals surface area contributed by atoms with Crippen LogP contribution in [-0.4, -0.2) is 24.2 Å². The minimum Gasteiger partial charge on any atom is -0.368 e. The van der Waals surface area contributed by atoms with E-state index in [1.54, 1.807) is 0 Å². The van der Waals surface area contributed by atoms with Gasteiger partial charge in [-0.05, 0) is 38.4 Å². The molecule has 0 spiro atoms. The molecule has 1 aromatic heterocycles. The van der Waals surface area contributed by atoms with Crippen LogP contribution < -0.4 is 5.32 Å². The first kappa shape index (κ1) is 12.6. The van der Waals surface area contributed by atoms with Gasteiger partial charge in [0.1, 0.15) is 0 Å². The maximum Gasteiger partial charge on any atom is 0.0948 e. The summed E-state index contributed by atoms with van der Waals surface area (Å²) in [6, 6.07) is 4.08. The summed E-state index contributed by atoms with van der Waals surface area (Å²) in [5, 5.41) is 3.35. The van der Waals surface area contributed by atoms with E-state index in [2.05, 4.69) is 23.3 Å². The molecule has 2 N–H and O–H groups in total. The average Bonchev–Trinajstić information content (AvgIpc) is 2.72. The van der Waals surface area contributed by atoms with Crippen LogP contribution in [-0.2, 0) is 4.74 Å². The molecule has 0 saturated carbocycles. The fourth-order valence-corrected chi connectivity index (χ4v) is 1.90. The predicted molar refractivity (Wildman–Crippen MR) is 63.4 cm³/mol. The van der Waals surface area contributed by atoms with Gasteiger partial charge in [0.15, 0.2) is 0 Å². The molecule has 2 atom stereocenters. The maximum absolute atomic E-state index is 5.94. The Labute approximate surface area is 97.0 Å². The molecule has 0 bridgehead atoms. The highest BCUT2D eigenvalue weighted by atomic mass is 35.5. The molecular weight excluding hydrogens is 212 g/mol. The van der Waals surface area contributed by atoms with E-state index in [0.717, 1.165) is 18.8 Å². The molecule has 86 valence electrons. The molecule has 3 nitrogen and oxygen atoms in total. The van der Waals surface area contributed by atoms with Crippen molar-refractivity contribution < 1.29 is 4.74 Å². The zero-order valence-electron chi connectivity index (χ0n) is 9.03. The molecule has 1 fully saturated rings. The highest BCUT2D eigenvalue weighted by Gasteiger charge is 2.17. The molecular formula is C11H19ClN2O. The number of rotatable bonds is 3. The van der Waals surface area contributed by atoms with Crippen LogP contribution in [0.2, 0.25) is 0 Å². The van der Waals surface area contributed by atoms with Crippen LogP contribution in [0.15, 0.2) is 18.3 Å². The van der Waals surface area contributed by atoms with Crippen molar-refractivity contribution >= 4 is 12.4 Å². The summed E-state index contributed by atoms with van der Waals surface area (Å²) in [7, 11) is 0. The average molecular weight is 231 g/mol. The molecule has 15 heavy (non-hydrogen) atoms. The first-order valence-electron chi connectivity index (χ1n) is 5.36. The molecule has 0 aliphatic carbocycles. The highest BCUT2D eigenvalue weighted by molar-refractivity contribution is 5.85. The molecule has 0 aromatic carbocycles. The van der Waals surface area contributed by atoms with Gasteiger partial charge in [-0.1, -0.05) is 0 Å².